The first-order chi connectivity index (χ1) is 9.80. The predicted octanol–water partition coefficient (Wildman–Crippen LogP) is 0.0676. The zero-order valence-electron chi connectivity index (χ0n) is 12.4. The smallest absolute Gasteiger partial charge is 0.345 e. The first-order valence-corrected chi connectivity index (χ1v) is 8.50. The van der Waals surface area contributed by atoms with E-state index in [0.29, 0.717) is 18.8 Å². The molecule has 0 spiro atoms. The number of ether oxygens (including phenoxy) is 1. The van der Waals surface area contributed by atoms with Gasteiger partial charge >= 0.3 is 5.97 Å². The number of sulfone groups is 1. The molecule has 1 aromatic heterocycles. The van der Waals surface area contributed by atoms with E-state index >= 15 is 0 Å². The summed E-state index contributed by atoms with van der Waals surface area (Å²) in [6.07, 6.45) is 0.449. The average molecular weight is 316 g/mol. The molecule has 1 saturated heterocycles. The summed E-state index contributed by atoms with van der Waals surface area (Å²) in [6, 6.07) is -0.336. The van der Waals surface area contributed by atoms with Gasteiger partial charge in [0.1, 0.15) is 11.4 Å². The van der Waals surface area contributed by atoms with Crippen LogP contribution < -0.4 is 10.6 Å². The molecule has 1 fully saturated rings. The number of carbonyl (C=O) groups is 1. The number of aromatic nitrogens is 2. The Bertz CT molecular complexity index is 652. The Balaban J connectivity index is 2.49. The van der Waals surface area contributed by atoms with Crippen molar-refractivity contribution in [2.24, 2.45) is 0 Å². The zero-order chi connectivity index (χ0) is 15.8. The molecule has 0 aromatic carbocycles. The lowest BCUT2D eigenvalue weighted by Gasteiger charge is -2.14. The number of anilines is 2. The summed E-state index contributed by atoms with van der Waals surface area (Å²) in [7, 11) is -0.00738. The number of nitrogens with zero attached hydrogens (tertiary/aromatic N) is 3. The zero-order valence-corrected chi connectivity index (χ0v) is 13.2. The van der Waals surface area contributed by atoms with Crippen LogP contribution in [-0.2, 0) is 14.6 Å². The van der Waals surface area contributed by atoms with Gasteiger partial charge in [-0.2, -0.15) is 5.10 Å². The molecule has 0 bridgehead atoms. The Morgan fingerprint density at radius 3 is 2.71 bits per heavy atom. The highest BCUT2D eigenvalue weighted by Crippen LogP contribution is 2.32. The molecule has 1 aliphatic rings. The van der Waals surface area contributed by atoms with E-state index < -0.39 is 15.8 Å². The van der Waals surface area contributed by atoms with E-state index in [4.69, 9.17) is 10.5 Å². The highest BCUT2D eigenvalue weighted by atomic mass is 32.2. The second-order valence-electron chi connectivity index (χ2n) is 5.09. The third kappa shape index (κ3) is 2.82. The number of nitrogens with two attached hydrogens (primary N) is 1. The minimum Gasteiger partial charge on any atom is -0.465 e. The molecule has 118 valence electrons. The largest absolute Gasteiger partial charge is 0.465 e. The molecule has 0 aliphatic carbocycles. The quantitative estimate of drug-likeness (QED) is 0.783. The number of hydrogen-bond donors (Lipinski definition) is 1. The van der Waals surface area contributed by atoms with Gasteiger partial charge in [0, 0.05) is 13.6 Å². The fraction of sp³-hybridized carbons (Fsp3) is 0.667. The number of hydrogen-bond acceptors (Lipinski definition) is 7. The van der Waals surface area contributed by atoms with Gasteiger partial charge in [0.2, 0.25) is 0 Å². The van der Waals surface area contributed by atoms with Crippen LogP contribution in [0.2, 0.25) is 0 Å². The second kappa shape index (κ2) is 5.55. The number of rotatable bonds is 4. The summed E-state index contributed by atoms with van der Waals surface area (Å²) in [5.74, 6) is 0.0958. The highest BCUT2D eigenvalue weighted by molar-refractivity contribution is 7.91. The van der Waals surface area contributed by atoms with E-state index in [9.17, 15) is 13.2 Å². The Morgan fingerprint density at radius 1 is 1.57 bits per heavy atom. The molecule has 0 saturated carbocycles. The third-order valence-corrected chi connectivity index (χ3v) is 5.46. The van der Waals surface area contributed by atoms with Crippen molar-refractivity contribution < 1.29 is 17.9 Å². The van der Waals surface area contributed by atoms with Gasteiger partial charge in [0.25, 0.3) is 0 Å². The monoisotopic (exact) mass is 316 g/mol. The van der Waals surface area contributed by atoms with Gasteiger partial charge in [-0.05, 0) is 13.3 Å². The van der Waals surface area contributed by atoms with Gasteiger partial charge in [-0.25, -0.2) is 17.9 Å². The van der Waals surface area contributed by atoms with Crippen molar-refractivity contribution in [3.8, 4) is 0 Å². The van der Waals surface area contributed by atoms with Crippen molar-refractivity contribution in [3.05, 3.63) is 5.56 Å². The maximum Gasteiger partial charge on any atom is 0.345 e. The summed E-state index contributed by atoms with van der Waals surface area (Å²) in [5, 5.41) is 4.35. The molecule has 0 radical (unpaired) electrons. The van der Waals surface area contributed by atoms with Crippen LogP contribution in [0.3, 0.4) is 0 Å². The Kier molecular flexibility index (Phi) is 4.13. The second-order valence-corrected chi connectivity index (χ2v) is 7.32. The number of carbonyl (C=O) groups excluding carboxylic acids is 1. The fourth-order valence-corrected chi connectivity index (χ4v) is 4.09. The average Bonchev–Trinajstić information content (AvgIpc) is 2.97. The summed E-state index contributed by atoms with van der Waals surface area (Å²) < 4.78 is 29.4. The van der Waals surface area contributed by atoms with E-state index in [-0.39, 0.29) is 28.9 Å². The standard InChI is InChI=1S/C12H20N4O4S/c1-4-15(2)11-9(12(17)20-3)10(13)16(14-11)8-5-6-21(18,19)7-8/h8H,4-7,13H2,1-3H3. The molecular formula is C12H20N4O4S. The number of methoxy groups -OCH3 is 1. The molecule has 1 aromatic rings. The molecule has 1 unspecified atom stereocenters. The van der Waals surface area contributed by atoms with Crippen LogP contribution in [0.5, 0.6) is 0 Å². The fourth-order valence-electron chi connectivity index (χ4n) is 2.40. The van der Waals surface area contributed by atoms with E-state index in [1.54, 1.807) is 11.9 Å². The lowest BCUT2D eigenvalue weighted by Crippen LogP contribution is -2.20. The molecule has 21 heavy (non-hydrogen) atoms. The Morgan fingerprint density at radius 2 is 2.24 bits per heavy atom. The van der Waals surface area contributed by atoms with Gasteiger partial charge in [-0.3, -0.25) is 0 Å². The lowest BCUT2D eigenvalue weighted by atomic mass is 10.2. The van der Waals surface area contributed by atoms with Crippen LogP contribution in [0.25, 0.3) is 0 Å². The molecule has 8 nitrogen and oxygen atoms in total. The van der Waals surface area contributed by atoms with Crippen LogP contribution in [-0.4, -0.2) is 56.4 Å². The van der Waals surface area contributed by atoms with Gasteiger partial charge in [-0.1, -0.05) is 0 Å². The Labute approximate surface area is 123 Å². The summed E-state index contributed by atoms with van der Waals surface area (Å²) in [4.78, 5) is 13.7. The van der Waals surface area contributed by atoms with Crippen LogP contribution in [0, 0.1) is 0 Å². The van der Waals surface area contributed by atoms with Crippen molar-refractivity contribution in [1.82, 2.24) is 9.78 Å². The molecule has 1 atom stereocenters. The maximum absolute atomic E-state index is 11.9. The van der Waals surface area contributed by atoms with Gasteiger partial charge in [0.15, 0.2) is 15.7 Å². The van der Waals surface area contributed by atoms with Crippen LogP contribution >= 0.6 is 0 Å². The SMILES string of the molecule is CCN(C)c1nn(C2CCS(=O)(=O)C2)c(N)c1C(=O)OC. The van der Waals surface area contributed by atoms with E-state index in [1.807, 2.05) is 6.92 Å². The molecule has 9 heteroatoms. The maximum atomic E-state index is 11.9. The van der Waals surface area contributed by atoms with Gasteiger partial charge < -0.3 is 15.4 Å². The minimum atomic E-state index is -3.06. The van der Waals surface area contributed by atoms with Crippen molar-refractivity contribution >= 4 is 27.4 Å². The van der Waals surface area contributed by atoms with Crippen molar-refractivity contribution in [3.63, 3.8) is 0 Å². The van der Waals surface area contributed by atoms with E-state index in [0.717, 1.165) is 0 Å². The Hall–Kier alpha value is -1.77. The first kappa shape index (κ1) is 15.6. The summed E-state index contributed by atoms with van der Waals surface area (Å²) in [5.41, 5.74) is 6.21. The number of esters is 1. The van der Waals surface area contributed by atoms with Gasteiger partial charge in [-0.15, -0.1) is 0 Å². The molecule has 2 heterocycles. The van der Waals surface area contributed by atoms with E-state index in [2.05, 4.69) is 5.10 Å². The van der Waals surface area contributed by atoms with Crippen LogP contribution in [0.4, 0.5) is 11.6 Å². The van der Waals surface area contributed by atoms with Gasteiger partial charge in [0.05, 0.1) is 24.7 Å². The predicted molar refractivity (Wildman–Crippen MR) is 79.2 cm³/mol. The normalized spacial score (nSPS) is 20.4. The topological polar surface area (TPSA) is 108 Å². The van der Waals surface area contributed by atoms with Crippen molar-refractivity contribution in [2.45, 2.75) is 19.4 Å². The molecule has 1 aliphatic heterocycles. The molecule has 0 amide bonds. The van der Waals surface area contributed by atoms with E-state index in [1.165, 1.54) is 11.8 Å². The molecular weight excluding hydrogens is 296 g/mol. The summed E-state index contributed by atoms with van der Waals surface area (Å²) >= 11 is 0. The molecule has 2 rings (SSSR count). The van der Waals surface area contributed by atoms with Crippen molar-refractivity contribution in [2.75, 3.05) is 42.8 Å². The lowest BCUT2D eigenvalue weighted by molar-refractivity contribution is 0.0602. The third-order valence-electron chi connectivity index (χ3n) is 3.71. The first-order valence-electron chi connectivity index (χ1n) is 6.68. The van der Waals surface area contributed by atoms with Crippen molar-refractivity contribution in [1.29, 1.82) is 0 Å². The van der Waals surface area contributed by atoms with Crippen LogP contribution in [0.15, 0.2) is 0 Å². The molecule has 2 N–H and O–H groups in total. The van der Waals surface area contributed by atoms with Crippen LogP contribution in [0.1, 0.15) is 29.7 Å². The summed E-state index contributed by atoms with van der Waals surface area (Å²) in [6.45, 7) is 2.54. The highest BCUT2D eigenvalue weighted by Gasteiger charge is 2.34. The number of nitrogen functional groups attached to an aromatic ring is 1. The minimum absolute atomic E-state index is 0.00519.